The lowest BCUT2D eigenvalue weighted by Crippen LogP contribution is -2.54. The van der Waals surface area contributed by atoms with Crippen LogP contribution in [-0.4, -0.2) is 50.9 Å². The smallest absolute Gasteiger partial charge is 0.264 e. The molecule has 0 bridgehead atoms. The molecule has 0 aliphatic rings. The fraction of sp³-hybridized carbons (Fsp3) is 0.257. The number of hydrogen-bond donors (Lipinski definition) is 1. The summed E-state index contributed by atoms with van der Waals surface area (Å²) in [5.41, 5.74) is 0.966. The largest absolute Gasteiger partial charge is 0.495 e. The first-order chi connectivity index (χ1) is 22.0. The van der Waals surface area contributed by atoms with Gasteiger partial charge in [-0.05, 0) is 55.3 Å². The number of rotatable bonds is 14. The summed E-state index contributed by atoms with van der Waals surface area (Å²) in [5, 5.41) is 3.17. The number of amides is 2. The third kappa shape index (κ3) is 8.44. The number of halogens is 2. The van der Waals surface area contributed by atoms with E-state index in [1.807, 2.05) is 44.2 Å². The molecule has 0 aromatic heterocycles. The maximum Gasteiger partial charge on any atom is 0.264 e. The van der Waals surface area contributed by atoms with Crippen LogP contribution >= 0.6 is 11.6 Å². The average molecular weight is 666 g/mol. The Balaban J connectivity index is 1.86. The summed E-state index contributed by atoms with van der Waals surface area (Å²) in [4.78, 5) is 29.6. The molecule has 4 rings (SSSR count). The molecule has 8 nitrogen and oxygen atoms in total. The highest BCUT2D eigenvalue weighted by molar-refractivity contribution is 7.92. The molecule has 0 aliphatic heterocycles. The molecule has 2 atom stereocenters. The van der Waals surface area contributed by atoms with Crippen molar-refractivity contribution in [2.24, 2.45) is 0 Å². The molecule has 0 fully saturated rings. The molecule has 1 N–H and O–H groups in total. The minimum Gasteiger partial charge on any atom is -0.495 e. The van der Waals surface area contributed by atoms with E-state index in [4.69, 9.17) is 16.3 Å². The summed E-state index contributed by atoms with van der Waals surface area (Å²) in [6.07, 6.45) is 0.748. The second-order valence-corrected chi connectivity index (χ2v) is 13.1. The standard InChI is InChI=1S/C35H37ClFN3O5S/c1-4-25(2)38-35(42)32(21-26-13-7-5-8-14-26)39(23-27-15-11-12-18-30(27)37)34(41)24-40(31-22-28(36)19-20-33(31)45-3)46(43,44)29-16-9-6-10-17-29/h5-20,22,25,32H,4,21,23-24H2,1-3H3,(H,38,42)/t25-,32+/m1/s1. The Bertz CT molecular complexity index is 1740. The summed E-state index contributed by atoms with van der Waals surface area (Å²) in [5.74, 6) is -1.58. The maximum absolute atomic E-state index is 15.1. The van der Waals surface area contributed by atoms with Crippen LogP contribution in [0.15, 0.2) is 108 Å². The number of carbonyl (C=O) groups is 2. The number of carbonyl (C=O) groups excluding carboxylic acids is 2. The SMILES string of the molecule is CC[C@@H](C)NC(=O)[C@H](Cc1ccccc1)N(Cc1ccccc1F)C(=O)CN(c1cc(Cl)ccc1OC)S(=O)(=O)c1ccccc1. The number of nitrogens with one attached hydrogen (secondary N) is 1. The van der Waals surface area contributed by atoms with E-state index in [0.29, 0.717) is 6.42 Å². The zero-order chi connectivity index (χ0) is 33.3. The molecule has 242 valence electrons. The summed E-state index contributed by atoms with van der Waals surface area (Å²) >= 11 is 6.32. The summed E-state index contributed by atoms with van der Waals surface area (Å²) in [7, 11) is -2.99. The molecular formula is C35H37ClFN3O5S. The zero-order valence-corrected chi connectivity index (χ0v) is 27.5. The normalized spacial score (nSPS) is 12.5. The highest BCUT2D eigenvalue weighted by Gasteiger charge is 2.36. The Labute approximate surface area is 274 Å². The second kappa shape index (κ2) is 15.7. The Kier molecular flexibility index (Phi) is 11.8. The number of nitrogens with zero attached hydrogens (tertiary/aromatic N) is 2. The van der Waals surface area contributed by atoms with Crippen molar-refractivity contribution in [2.45, 2.75) is 50.2 Å². The second-order valence-electron chi connectivity index (χ2n) is 10.8. The van der Waals surface area contributed by atoms with Crippen LogP contribution in [0.25, 0.3) is 0 Å². The number of benzene rings is 4. The number of ether oxygens (including phenoxy) is 1. The van der Waals surface area contributed by atoms with Crippen LogP contribution in [0.5, 0.6) is 5.75 Å². The van der Waals surface area contributed by atoms with Crippen LogP contribution < -0.4 is 14.4 Å². The van der Waals surface area contributed by atoms with Gasteiger partial charge in [-0.25, -0.2) is 12.8 Å². The van der Waals surface area contributed by atoms with Crippen LogP contribution in [-0.2, 0) is 32.6 Å². The van der Waals surface area contributed by atoms with Crippen LogP contribution in [0, 0.1) is 5.82 Å². The van der Waals surface area contributed by atoms with Gasteiger partial charge in [0.15, 0.2) is 0 Å². The van der Waals surface area contributed by atoms with Gasteiger partial charge in [-0.15, -0.1) is 0 Å². The van der Waals surface area contributed by atoms with Crippen molar-refractivity contribution in [2.75, 3.05) is 18.0 Å². The van der Waals surface area contributed by atoms with Gasteiger partial charge in [-0.3, -0.25) is 13.9 Å². The van der Waals surface area contributed by atoms with Gasteiger partial charge in [0.25, 0.3) is 10.0 Å². The predicted molar refractivity (Wildman–Crippen MR) is 178 cm³/mol. The average Bonchev–Trinajstić information content (AvgIpc) is 3.06. The lowest BCUT2D eigenvalue weighted by molar-refractivity contribution is -0.140. The molecule has 11 heteroatoms. The fourth-order valence-corrected chi connectivity index (χ4v) is 6.50. The van der Waals surface area contributed by atoms with E-state index in [-0.39, 0.29) is 45.9 Å². The summed E-state index contributed by atoms with van der Waals surface area (Å²) in [6, 6.07) is 25.9. The molecule has 0 radical (unpaired) electrons. The molecule has 0 unspecified atom stereocenters. The third-order valence-electron chi connectivity index (χ3n) is 7.59. The van der Waals surface area contributed by atoms with Crippen LogP contribution in [0.4, 0.5) is 10.1 Å². The molecule has 46 heavy (non-hydrogen) atoms. The molecule has 0 saturated carbocycles. The van der Waals surface area contributed by atoms with E-state index in [1.54, 1.807) is 30.3 Å². The monoisotopic (exact) mass is 665 g/mol. The lowest BCUT2D eigenvalue weighted by Gasteiger charge is -2.34. The first-order valence-electron chi connectivity index (χ1n) is 14.8. The van der Waals surface area contributed by atoms with E-state index in [2.05, 4.69) is 5.32 Å². The summed E-state index contributed by atoms with van der Waals surface area (Å²) < 4.78 is 49.8. The first kappa shape index (κ1) is 34.5. The quantitative estimate of drug-likeness (QED) is 0.172. The van der Waals surface area contributed by atoms with Crippen LogP contribution in [0.2, 0.25) is 5.02 Å². The molecular weight excluding hydrogens is 629 g/mol. The van der Waals surface area contributed by atoms with Crippen molar-refractivity contribution in [3.63, 3.8) is 0 Å². The fourth-order valence-electron chi connectivity index (χ4n) is 4.90. The van der Waals surface area contributed by atoms with E-state index < -0.39 is 40.2 Å². The van der Waals surface area contributed by atoms with Gasteiger partial charge in [-0.1, -0.05) is 85.3 Å². The molecule has 0 heterocycles. The number of methoxy groups -OCH3 is 1. The van der Waals surface area contributed by atoms with Gasteiger partial charge in [0.1, 0.15) is 24.2 Å². The Morgan fingerprint density at radius 1 is 0.935 bits per heavy atom. The minimum absolute atomic E-state index is 0.0294. The molecule has 0 spiro atoms. The maximum atomic E-state index is 15.1. The van der Waals surface area contributed by atoms with Gasteiger partial charge in [0.2, 0.25) is 11.8 Å². The predicted octanol–water partition coefficient (Wildman–Crippen LogP) is 6.24. The first-order valence-corrected chi connectivity index (χ1v) is 16.7. The van der Waals surface area contributed by atoms with Gasteiger partial charge < -0.3 is 15.0 Å². The highest BCUT2D eigenvalue weighted by atomic mass is 35.5. The minimum atomic E-state index is -4.37. The Hall–Kier alpha value is -4.41. The van der Waals surface area contributed by atoms with Crippen molar-refractivity contribution in [1.82, 2.24) is 10.2 Å². The van der Waals surface area contributed by atoms with E-state index in [9.17, 15) is 18.0 Å². The van der Waals surface area contributed by atoms with Crippen molar-refractivity contribution in [3.8, 4) is 5.75 Å². The lowest BCUT2D eigenvalue weighted by atomic mass is 10.0. The van der Waals surface area contributed by atoms with Crippen molar-refractivity contribution in [3.05, 3.63) is 125 Å². The Morgan fingerprint density at radius 3 is 2.20 bits per heavy atom. The summed E-state index contributed by atoms with van der Waals surface area (Å²) in [6.45, 7) is 2.75. The number of sulfonamides is 1. The number of hydrogen-bond acceptors (Lipinski definition) is 5. The Morgan fingerprint density at radius 2 is 1.57 bits per heavy atom. The highest BCUT2D eigenvalue weighted by Crippen LogP contribution is 2.35. The third-order valence-corrected chi connectivity index (χ3v) is 9.60. The molecule has 0 aliphatic carbocycles. The van der Waals surface area contributed by atoms with Gasteiger partial charge in [0.05, 0.1) is 17.7 Å². The van der Waals surface area contributed by atoms with E-state index >= 15 is 4.39 Å². The topological polar surface area (TPSA) is 96.0 Å². The van der Waals surface area contributed by atoms with Crippen molar-refractivity contribution < 1.29 is 27.1 Å². The van der Waals surface area contributed by atoms with E-state index in [0.717, 1.165) is 9.87 Å². The molecule has 4 aromatic rings. The zero-order valence-electron chi connectivity index (χ0n) is 25.9. The van der Waals surface area contributed by atoms with Gasteiger partial charge >= 0.3 is 0 Å². The molecule has 4 aromatic carbocycles. The van der Waals surface area contributed by atoms with Crippen molar-refractivity contribution in [1.29, 1.82) is 0 Å². The number of anilines is 1. The molecule has 0 saturated heterocycles. The van der Waals surface area contributed by atoms with E-state index in [1.165, 1.54) is 54.5 Å². The van der Waals surface area contributed by atoms with Gasteiger partial charge in [0, 0.05) is 29.6 Å². The van der Waals surface area contributed by atoms with Gasteiger partial charge in [-0.2, -0.15) is 0 Å². The van der Waals surface area contributed by atoms with Crippen LogP contribution in [0.3, 0.4) is 0 Å². The van der Waals surface area contributed by atoms with Crippen LogP contribution in [0.1, 0.15) is 31.4 Å². The van der Waals surface area contributed by atoms with Crippen molar-refractivity contribution >= 4 is 39.1 Å². The molecule has 2 amide bonds.